The Bertz CT molecular complexity index is 437. The summed E-state index contributed by atoms with van der Waals surface area (Å²) in [5.41, 5.74) is 2.62. The Morgan fingerprint density at radius 1 is 1.33 bits per heavy atom. The standard InChI is InChI=1S/C12H12FNO/c1-9-6-11(2-3-12(9)13)14-7-10-4-5-15-8-10/h2-6,8,14H,7H2,1H3. The SMILES string of the molecule is Cc1cc(NCc2ccoc2)ccc1F. The van der Waals surface area contributed by atoms with Gasteiger partial charge in [0.25, 0.3) is 0 Å². The zero-order valence-corrected chi connectivity index (χ0v) is 8.46. The number of rotatable bonds is 3. The molecule has 0 aliphatic carbocycles. The van der Waals surface area contributed by atoms with Crippen molar-refractivity contribution in [2.24, 2.45) is 0 Å². The van der Waals surface area contributed by atoms with E-state index in [1.54, 1.807) is 31.6 Å². The molecule has 0 amide bonds. The monoisotopic (exact) mass is 205 g/mol. The highest BCUT2D eigenvalue weighted by Crippen LogP contribution is 2.14. The predicted molar refractivity (Wildman–Crippen MR) is 57.2 cm³/mol. The van der Waals surface area contributed by atoms with Crippen LogP contribution in [-0.2, 0) is 6.54 Å². The molecule has 0 spiro atoms. The predicted octanol–water partition coefficient (Wildman–Crippen LogP) is 3.34. The fraction of sp³-hybridized carbons (Fsp3) is 0.167. The molecule has 0 saturated carbocycles. The van der Waals surface area contributed by atoms with E-state index in [9.17, 15) is 4.39 Å². The summed E-state index contributed by atoms with van der Waals surface area (Å²) < 4.78 is 17.9. The first-order valence-electron chi connectivity index (χ1n) is 4.77. The Morgan fingerprint density at radius 2 is 2.20 bits per heavy atom. The van der Waals surface area contributed by atoms with Gasteiger partial charge in [-0.25, -0.2) is 4.39 Å². The van der Waals surface area contributed by atoms with Crippen LogP contribution in [0, 0.1) is 12.7 Å². The van der Waals surface area contributed by atoms with Crippen LogP contribution in [0.2, 0.25) is 0 Å². The molecule has 78 valence electrons. The van der Waals surface area contributed by atoms with Gasteiger partial charge in [0.05, 0.1) is 12.5 Å². The third-order valence-electron chi connectivity index (χ3n) is 2.23. The van der Waals surface area contributed by atoms with Gasteiger partial charge in [-0.1, -0.05) is 0 Å². The Kier molecular flexibility index (Phi) is 2.72. The van der Waals surface area contributed by atoms with E-state index >= 15 is 0 Å². The lowest BCUT2D eigenvalue weighted by Crippen LogP contribution is -1.98. The summed E-state index contributed by atoms with van der Waals surface area (Å²) in [7, 11) is 0. The van der Waals surface area contributed by atoms with Gasteiger partial charge < -0.3 is 9.73 Å². The third kappa shape index (κ3) is 2.37. The van der Waals surface area contributed by atoms with Gasteiger partial charge in [-0.2, -0.15) is 0 Å². The van der Waals surface area contributed by atoms with Crippen LogP contribution in [0.3, 0.4) is 0 Å². The Morgan fingerprint density at radius 3 is 2.87 bits per heavy atom. The first-order chi connectivity index (χ1) is 7.25. The average molecular weight is 205 g/mol. The van der Waals surface area contributed by atoms with Gasteiger partial charge in [-0.15, -0.1) is 0 Å². The number of aryl methyl sites for hydroxylation is 1. The van der Waals surface area contributed by atoms with E-state index in [0.29, 0.717) is 12.1 Å². The Balaban J connectivity index is 2.02. The fourth-order valence-corrected chi connectivity index (χ4v) is 1.35. The van der Waals surface area contributed by atoms with Crippen LogP contribution in [0.15, 0.2) is 41.2 Å². The molecule has 1 aromatic carbocycles. The second-order valence-corrected chi connectivity index (χ2v) is 3.45. The first kappa shape index (κ1) is 9.77. The van der Waals surface area contributed by atoms with Crippen molar-refractivity contribution in [1.82, 2.24) is 0 Å². The van der Waals surface area contributed by atoms with E-state index in [2.05, 4.69) is 5.32 Å². The molecular formula is C12H12FNO. The third-order valence-corrected chi connectivity index (χ3v) is 2.23. The van der Waals surface area contributed by atoms with Crippen molar-refractivity contribution in [3.63, 3.8) is 0 Å². The first-order valence-corrected chi connectivity index (χ1v) is 4.77. The highest BCUT2D eigenvalue weighted by molar-refractivity contribution is 5.46. The molecule has 0 fully saturated rings. The molecule has 2 rings (SSSR count). The van der Waals surface area contributed by atoms with Gasteiger partial charge in [0.15, 0.2) is 0 Å². The molecule has 0 atom stereocenters. The fourth-order valence-electron chi connectivity index (χ4n) is 1.35. The van der Waals surface area contributed by atoms with E-state index in [0.717, 1.165) is 11.3 Å². The highest BCUT2D eigenvalue weighted by atomic mass is 19.1. The number of halogens is 1. The van der Waals surface area contributed by atoms with Crippen LogP contribution in [0.25, 0.3) is 0 Å². The van der Waals surface area contributed by atoms with Crippen LogP contribution in [0.4, 0.5) is 10.1 Å². The molecule has 2 nitrogen and oxygen atoms in total. The molecule has 0 radical (unpaired) electrons. The maximum absolute atomic E-state index is 13.0. The summed E-state index contributed by atoms with van der Waals surface area (Å²) in [6.07, 6.45) is 3.32. The lowest BCUT2D eigenvalue weighted by Gasteiger charge is -2.05. The molecule has 0 saturated heterocycles. The maximum Gasteiger partial charge on any atom is 0.126 e. The zero-order chi connectivity index (χ0) is 10.7. The van der Waals surface area contributed by atoms with E-state index < -0.39 is 0 Å². The molecular weight excluding hydrogens is 193 g/mol. The minimum Gasteiger partial charge on any atom is -0.472 e. The molecule has 0 aliphatic heterocycles. The van der Waals surface area contributed by atoms with E-state index in [4.69, 9.17) is 4.42 Å². The Hall–Kier alpha value is -1.77. The smallest absolute Gasteiger partial charge is 0.126 e. The van der Waals surface area contributed by atoms with E-state index in [1.165, 1.54) is 6.07 Å². The number of hydrogen-bond donors (Lipinski definition) is 1. The number of anilines is 1. The zero-order valence-electron chi connectivity index (χ0n) is 8.46. The number of benzene rings is 1. The summed E-state index contributed by atoms with van der Waals surface area (Å²) in [6.45, 7) is 2.43. The van der Waals surface area contributed by atoms with Crippen LogP contribution in [-0.4, -0.2) is 0 Å². The number of nitrogens with one attached hydrogen (secondary N) is 1. The maximum atomic E-state index is 13.0. The largest absolute Gasteiger partial charge is 0.472 e. The number of furan rings is 1. The van der Waals surface area contributed by atoms with Crippen LogP contribution in [0.1, 0.15) is 11.1 Å². The lowest BCUT2D eigenvalue weighted by molar-refractivity contribution is 0.564. The highest BCUT2D eigenvalue weighted by Gasteiger charge is 1.99. The molecule has 1 heterocycles. The summed E-state index contributed by atoms with van der Waals surface area (Å²) >= 11 is 0. The van der Waals surface area contributed by atoms with Crippen molar-refractivity contribution in [3.05, 3.63) is 53.7 Å². The van der Waals surface area contributed by atoms with Crippen LogP contribution >= 0.6 is 0 Å². The average Bonchev–Trinajstić information content (AvgIpc) is 2.73. The quantitative estimate of drug-likeness (QED) is 0.831. The Labute approximate surface area is 87.7 Å². The summed E-state index contributed by atoms with van der Waals surface area (Å²) in [5, 5.41) is 3.19. The van der Waals surface area contributed by atoms with Gasteiger partial charge in [-0.05, 0) is 36.8 Å². The molecule has 15 heavy (non-hydrogen) atoms. The van der Waals surface area contributed by atoms with E-state index in [1.807, 2.05) is 6.07 Å². The summed E-state index contributed by atoms with van der Waals surface area (Å²) in [4.78, 5) is 0. The molecule has 0 bridgehead atoms. The van der Waals surface area contributed by atoms with Crippen molar-refractivity contribution >= 4 is 5.69 Å². The minimum absolute atomic E-state index is 0.177. The van der Waals surface area contributed by atoms with Gasteiger partial charge in [-0.3, -0.25) is 0 Å². The van der Waals surface area contributed by atoms with Crippen molar-refractivity contribution in [1.29, 1.82) is 0 Å². The van der Waals surface area contributed by atoms with Gasteiger partial charge >= 0.3 is 0 Å². The van der Waals surface area contributed by atoms with Crippen molar-refractivity contribution in [2.75, 3.05) is 5.32 Å². The molecule has 1 N–H and O–H groups in total. The van der Waals surface area contributed by atoms with Crippen LogP contribution < -0.4 is 5.32 Å². The van der Waals surface area contributed by atoms with Gasteiger partial charge in [0.2, 0.25) is 0 Å². The molecule has 1 aromatic heterocycles. The van der Waals surface area contributed by atoms with Crippen molar-refractivity contribution < 1.29 is 8.81 Å². The normalized spacial score (nSPS) is 10.3. The lowest BCUT2D eigenvalue weighted by atomic mass is 10.2. The summed E-state index contributed by atoms with van der Waals surface area (Å²) in [6, 6.07) is 6.87. The van der Waals surface area contributed by atoms with E-state index in [-0.39, 0.29) is 5.82 Å². The summed E-state index contributed by atoms with van der Waals surface area (Å²) in [5.74, 6) is -0.177. The second kappa shape index (κ2) is 4.17. The van der Waals surface area contributed by atoms with Crippen LogP contribution in [0.5, 0.6) is 0 Å². The molecule has 0 unspecified atom stereocenters. The number of hydrogen-bond acceptors (Lipinski definition) is 2. The van der Waals surface area contributed by atoms with Gasteiger partial charge in [0.1, 0.15) is 5.82 Å². The van der Waals surface area contributed by atoms with Crippen molar-refractivity contribution in [3.8, 4) is 0 Å². The molecule has 2 aromatic rings. The topological polar surface area (TPSA) is 25.2 Å². The second-order valence-electron chi connectivity index (χ2n) is 3.45. The minimum atomic E-state index is -0.177. The van der Waals surface area contributed by atoms with Gasteiger partial charge in [0, 0.05) is 17.8 Å². The molecule has 3 heteroatoms. The molecule has 0 aliphatic rings. The van der Waals surface area contributed by atoms with Crippen molar-refractivity contribution in [2.45, 2.75) is 13.5 Å².